The van der Waals surface area contributed by atoms with E-state index in [4.69, 9.17) is 18.9 Å². The molecule has 8 aromatic carbocycles. The van der Waals surface area contributed by atoms with Gasteiger partial charge in [-0.15, -0.1) is 0 Å². The van der Waals surface area contributed by atoms with Crippen molar-refractivity contribution in [2.75, 3.05) is 32.3 Å². The van der Waals surface area contributed by atoms with Gasteiger partial charge in [0.25, 0.3) is 0 Å². The van der Waals surface area contributed by atoms with Crippen LogP contribution < -0.4 is 23.8 Å². The molecule has 0 heterocycles. The summed E-state index contributed by atoms with van der Waals surface area (Å²) in [5.41, 5.74) is 14.0. The molecule has 0 saturated heterocycles. The van der Waals surface area contributed by atoms with Crippen molar-refractivity contribution in [3.8, 4) is 40.2 Å². The smallest absolute Gasteiger partial charge is 0.119 e. The number of hydrogen-bond acceptors (Lipinski definition) is 6. The van der Waals surface area contributed by atoms with Crippen LogP contribution in [0.5, 0.6) is 23.0 Å². The van der Waals surface area contributed by atoms with Crippen LogP contribution >= 0.6 is 0 Å². The van der Waals surface area contributed by atoms with Crippen LogP contribution in [0.3, 0.4) is 0 Å². The Kier molecular flexibility index (Phi) is 13.8. The predicted molar refractivity (Wildman–Crippen MR) is 266 cm³/mol. The van der Waals surface area contributed by atoms with E-state index < -0.39 is 0 Å². The molecule has 65 heavy (non-hydrogen) atoms. The number of benzene rings is 8. The molecule has 6 nitrogen and oxygen atoms in total. The van der Waals surface area contributed by atoms with Gasteiger partial charge < -0.3 is 23.8 Å². The summed E-state index contributed by atoms with van der Waals surface area (Å²) >= 11 is 0. The second-order valence-corrected chi connectivity index (χ2v) is 15.2. The molecule has 0 bridgehead atoms. The number of nitriles is 1. The van der Waals surface area contributed by atoms with Crippen molar-refractivity contribution in [2.45, 2.75) is 13.8 Å². The van der Waals surface area contributed by atoms with E-state index in [0.717, 1.165) is 95.7 Å². The highest BCUT2D eigenvalue weighted by atomic mass is 16.5. The Morgan fingerprint density at radius 3 is 1.17 bits per heavy atom. The summed E-state index contributed by atoms with van der Waals surface area (Å²) in [5, 5.41) is 10.4. The number of methoxy groups -OCH3 is 2. The van der Waals surface area contributed by atoms with Gasteiger partial charge in [-0.1, -0.05) is 115 Å². The lowest BCUT2D eigenvalue weighted by atomic mass is 9.85. The van der Waals surface area contributed by atoms with Crippen molar-refractivity contribution in [3.05, 3.63) is 234 Å². The second-order valence-electron chi connectivity index (χ2n) is 15.2. The number of anilines is 3. The molecule has 0 saturated carbocycles. The molecule has 0 aliphatic heterocycles. The quantitative estimate of drug-likeness (QED) is 0.0713. The third-order valence-electron chi connectivity index (χ3n) is 11.2. The zero-order valence-corrected chi connectivity index (χ0v) is 37.1. The average molecular weight is 851 g/mol. The van der Waals surface area contributed by atoms with Crippen LogP contribution in [-0.2, 0) is 0 Å². The largest absolute Gasteiger partial charge is 0.497 e. The topological polar surface area (TPSA) is 64.0 Å². The molecule has 8 aromatic rings. The van der Waals surface area contributed by atoms with Crippen molar-refractivity contribution in [1.82, 2.24) is 0 Å². The van der Waals surface area contributed by atoms with Gasteiger partial charge in [0.1, 0.15) is 23.0 Å². The molecule has 0 N–H and O–H groups in total. The third kappa shape index (κ3) is 10.2. The Labute approximate surface area is 382 Å². The maximum absolute atomic E-state index is 10.4. The molecule has 0 aliphatic rings. The first kappa shape index (κ1) is 43.4. The van der Waals surface area contributed by atoms with E-state index in [-0.39, 0.29) is 0 Å². The average Bonchev–Trinajstić information content (AvgIpc) is 3.37. The maximum Gasteiger partial charge on any atom is 0.119 e. The van der Waals surface area contributed by atoms with Crippen LogP contribution in [0.25, 0.3) is 33.9 Å². The van der Waals surface area contributed by atoms with Gasteiger partial charge in [0.15, 0.2) is 0 Å². The number of allylic oxidation sites excluding steroid dienone is 1. The molecular weight excluding hydrogens is 801 g/mol. The molecule has 0 spiro atoms. The van der Waals surface area contributed by atoms with Gasteiger partial charge in [-0.2, -0.15) is 5.26 Å². The van der Waals surface area contributed by atoms with Crippen LogP contribution in [-0.4, -0.2) is 27.4 Å². The predicted octanol–water partition coefficient (Wildman–Crippen LogP) is 14.7. The van der Waals surface area contributed by atoms with E-state index in [1.807, 2.05) is 98.8 Å². The fourth-order valence-electron chi connectivity index (χ4n) is 7.93. The van der Waals surface area contributed by atoms with Crippen molar-refractivity contribution in [1.29, 1.82) is 5.26 Å². The van der Waals surface area contributed by atoms with Crippen molar-refractivity contribution >= 4 is 39.9 Å². The Balaban J connectivity index is 1.07. The number of hydrogen-bond donors (Lipinski definition) is 0. The molecule has 8 rings (SSSR count). The molecule has 0 amide bonds. The maximum atomic E-state index is 10.4. The first-order chi connectivity index (χ1) is 32.0. The lowest BCUT2D eigenvalue weighted by molar-refractivity contribution is 0.340. The fraction of sp³-hybridized carbons (Fsp3) is 0.102. The van der Waals surface area contributed by atoms with Crippen LogP contribution in [0.15, 0.2) is 200 Å². The molecule has 0 aromatic heterocycles. The number of nitrogens with zero attached hydrogens (tertiary/aromatic N) is 2. The monoisotopic (exact) mass is 850 g/mol. The van der Waals surface area contributed by atoms with Gasteiger partial charge in [-0.05, 0) is 161 Å². The first-order valence-electron chi connectivity index (χ1n) is 21.8. The normalized spacial score (nSPS) is 11.0. The van der Waals surface area contributed by atoms with Crippen LogP contribution in [0, 0.1) is 11.3 Å². The van der Waals surface area contributed by atoms with Crippen molar-refractivity contribution in [3.63, 3.8) is 0 Å². The highest BCUT2D eigenvalue weighted by Crippen LogP contribution is 2.40. The number of rotatable bonds is 16. The van der Waals surface area contributed by atoms with Gasteiger partial charge in [0.2, 0.25) is 0 Å². The summed E-state index contributed by atoms with van der Waals surface area (Å²) in [6, 6.07) is 70.8. The molecule has 0 atom stereocenters. The summed E-state index contributed by atoms with van der Waals surface area (Å²) < 4.78 is 22.5. The van der Waals surface area contributed by atoms with E-state index in [0.29, 0.717) is 18.8 Å². The summed E-state index contributed by atoms with van der Waals surface area (Å²) in [7, 11) is 3.37. The molecule has 0 unspecified atom stereocenters. The Morgan fingerprint density at radius 1 is 0.431 bits per heavy atom. The first-order valence-corrected chi connectivity index (χ1v) is 21.8. The minimum absolute atomic E-state index is 0.580. The van der Waals surface area contributed by atoms with Gasteiger partial charge >= 0.3 is 0 Å². The number of ether oxygens (including phenoxy) is 4. The standard InChI is InChI=1S/C59H50N2O4/c1-5-64-56-36-28-52(29-37-56)61(53-30-38-57(39-31-53)65-6-2)51-26-12-42(13-27-51)40-50(41-60)45-16-14-43(15-17-45)44-18-20-47(21-19-44)58(46-10-8-7-9-11-46)59(48-22-32-54(62-3)33-23-48)49-24-34-55(63-4)35-25-49/h7-40H,5-6H2,1-4H3/b50-40+. The van der Waals surface area contributed by atoms with Crippen LogP contribution in [0.4, 0.5) is 17.1 Å². The third-order valence-corrected chi connectivity index (χ3v) is 11.2. The van der Waals surface area contributed by atoms with E-state index >= 15 is 0 Å². The lowest BCUT2D eigenvalue weighted by Gasteiger charge is -2.26. The lowest BCUT2D eigenvalue weighted by Crippen LogP contribution is -2.10. The summed E-state index contributed by atoms with van der Waals surface area (Å²) in [5.74, 6) is 3.25. The van der Waals surface area contributed by atoms with Crippen LogP contribution in [0.2, 0.25) is 0 Å². The summed E-state index contributed by atoms with van der Waals surface area (Å²) in [4.78, 5) is 2.19. The molecule has 0 fully saturated rings. The summed E-state index contributed by atoms with van der Waals surface area (Å²) in [6.45, 7) is 5.17. The minimum atomic E-state index is 0.580. The fourth-order valence-corrected chi connectivity index (χ4v) is 7.93. The Hall–Kier alpha value is -8.27. The molecule has 0 aliphatic carbocycles. The molecular formula is C59H50N2O4. The Bertz CT molecular complexity index is 2800. The summed E-state index contributed by atoms with van der Waals surface area (Å²) in [6.07, 6.45) is 1.94. The van der Waals surface area contributed by atoms with Gasteiger partial charge in [-0.3, -0.25) is 0 Å². The molecule has 320 valence electrons. The highest BCUT2D eigenvalue weighted by Gasteiger charge is 2.18. The van der Waals surface area contributed by atoms with E-state index in [1.165, 1.54) is 0 Å². The van der Waals surface area contributed by atoms with Crippen molar-refractivity contribution < 1.29 is 18.9 Å². The van der Waals surface area contributed by atoms with E-state index in [2.05, 4.69) is 132 Å². The van der Waals surface area contributed by atoms with Gasteiger partial charge in [-0.25, -0.2) is 0 Å². The molecule has 0 radical (unpaired) electrons. The van der Waals surface area contributed by atoms with Gasteiger partial charge in [0, 0.05) is 17.1 Å². The van der Waals surface area contributed by atoms with Crippen molar-refractivity contribution in [2.24, 2.45) is 0 Å². The minimum Gasteiger partial charge on any atom is -0.497 e. The van der Waals surface area contributed by atoms with Gasteiger partial charge in [0.05, 0.1) is 39.1 Å². The van der Waals surface area contributed by atoms with E-state index in [9.17, 15) is 5.26 Å². The highest BCUT2D eigenvalue weighted by molar-refractivity contribution is 6.05. The van der Waals surface area contributed by atoms with E-state index in [1.54, 1.807) is 14.2 Å². The van der Waals surface area contributed by atoms with Crippen LogP contribution in [0.1, 0.15) is 47.2 Å². The SMILES string of the molecule is CCOc1ccc(N(c2ccc(/C=C(\C#N)c3ccc(-c4ccc(C(=C(c5ccc(OC)cc5)c5ccc(OC)cc5)c5ccccc5)cc4)cc3)cc2)c2ccc(OCC)cc2)cc1. The zero-order valence-electron chi connectivity index (χ0n) is 37.1. The zero-order chi connectivity index (χ0) is 45.0. The second kappa shape index (κ2) is 20.7. The molecule has 6 heteroatoms. The Morgan fingerprint density at radius 2 is 0.785 bits per heavy atom.